The molecule has 0 aromatic heterocycles. The van der Waals surface area contributed by atoms with Gasteiger partial charge in [0.1, 0.15) is 0 Å². The molecule has 0 unspecified atom stereocenters. The van der Waals surface area contributed by atoms with Crippen LogP contribution in [0.4, 0.5) is 0 Å². The van der Waals surface area contributed by atoms with E-state index in [1.165, 1.54) is 0 Å². The van der Waals surface area contributed by atoms with Crippen LogP contribution in [0.1, 0.15) is 44.9 Å². The van der Waals surface area contributed by atoms with Gasteiger partial charge in [-0.2, -0.15) is 0 Å². The van der Waals surface area contributed by atoms with Crippen LogP contribution in [-0.4, -0.2) is 48.7 Å². The second-order valence-electron chi connectivity index (χ2n) is 6.16. The van der Waals surface area contributed by atoms with Crippen LogP contribution < -0.4 is 0 Å². The largest absolute Gasteiger partial charge is 0.481 e. The van der Waals surface area contributed by atoms with Crippen LogP contribution in [0.2, 0.25) is 0 Å². The van der Waals surface area contributed by atoms with Crippen molar-refractivity contribution in [3.63, 3.8) is 0 Å². The van der Waals surface area contributed by atoms with Crippen molar-refractivity contribution in [2.45, 2.75) is 44.9 Å². The van der Waals surface area contributed by atoms with E-state index >= 15 is 0 Å². The van der Waals surface area contributed by atoms with Crippen LogP contribution >= 0.6 is 0 Å². The third kappa shape index (κ3) is 3.14. The molecule has 0 aromatic rings. The molecule has 114 valence electrons. The minimum atomic E-state index is -0.778. The summed E-state index contributed by atoms with van der Waals surface area (Å²) >= 11 is 0. The fourth-order valence-corrected chi connectivity index (χ4v) is 3.62. The van der Waals surface area contributed by atoms with Gasteiger partial charge in [-0.1, -0.05) is 12.8 Å². The molecule has 0 spiro atoms. The Bertz CT molecular complexity index is 363. The summed E-state index contributed by atoms with van der Waals surface area (Å²) < 4.78 is 5.16. The molecular formula is C15H25NO4. The lowest BCUT2D eigenvalue weighted by Crippen LogP contribution is -2.49. The number of piperidine rings is 1. The summed E-state index contributed by atoms with van der Waals surface area (Å²) in [5.41, 5.74) is -0.295. The number of methoxy groups -OCH3 is 1. The summed E-state index contributed by atoms with van der Waals surface area (Å²) in [5, 5.41) is 9.15. The monoisotopic (exact) mass is 283 g/mol. The summed E-state index contributed by atoms with van der Waals surface area (Å²) in [6, 6.07) is 0. The van der Waals surface area contributed by atoms with Crippen molar-refractivity contribution < 1.29 is 19.4 Å². The van der Waals surface area contributed by atoms with Crippen molar-refractivity contribution in [3.8, 4) is 0 Å². The Morgan fingerprint density at radius 3 is 2.60 bits per heavy atom. The van der Waals surface area contributed by atoms with Crippen LogP contribution in [0.15, 0.2) is 0 Å². The molecule has 1 aliphatic carbocycles. The van der Waals surface area contributed by atoms with E-state index in [2.05, 4.69) is 0 Å². The fraction of sp³-hybridized carbons (Fsp3) is 0.867. The van der Waals surface area contributed by atoms with Crippen molar-refractivity contribution >= 4 is 11.9 Å². The molecule has 1 saturated heterocycles. The summed E-state index contributed by atoms with van der Waals surface area (Å²) in [6.45, 7) is 1.68. The van der Waals surface area contributed by atoms with E-state index in [-0.39, 0.29) is 11.3 Å². The number of carboxylic acids is 1. The van der Waals surface area contributed by atoms with Crippen molar-refractivity contribution in [2.75, 3.05) is 26.8 Å². The number of amides is 1. The summed E-state index contributed by atoms with van der Waals surface area (Å²) in [5.74, 6) is -1.01. The molecule has 1 heterocycles. The molecular weight excluding hydrogens is 258 g/mol. The van der Waals surface area contributed by atoms with Gasteiger partial charge in [0, 0.05) is 26.8 Å². The molecule has 1 aliphatic heterocycles. The first-order valence-electron chi connectivity index (χ1n) is 7.60. The number of carbonyl (C=O) groups excluding carboxylic acids is 1. The number of rotatable bonds is 5. The van der Waals surface area contributed by atoms with E-state index in [4.69, 9.17) is 9.84 Å². The van der Waals surface area contributed by atoms with Gasteiger partial charge in [-0.25, -0.2) is 0 Å². The number of ether oxygens (including phenoxy) is 1. The number of carboxylic acid groups (broad SMARTS) is 1. The standard InChI is InChI=1S/C15H25NO4/c1-20-10-8-15(6-2-3-7-15)14(19)16-9-4-5-12(11-16)13(17)18/h12H,2-11H2,1H3,(H,17,18)/t12-/m0/s1. The molecule has 2 aliphatic rings. The topological polar surface area (TPSA) is 66.8 Å². The molecule has 0 radical (unpaired) electrons. The zero-order valence-corrected chi connectivity index (χ0v) is 12.3. The Kier molecular flexibility index (Phi) is 5.02. The normalized spacial score (nSPS) is 25.6. The van der Waals surface area contributed by atoms with Gasteiger partial charge in [0.25, 0.3) is 0 Å². The molecule has 5 nitrogen and oxygen atoms in total. The van der Waals surface area contributed by atoms with Gasteiger partial charge in [-0.3, -0.25) is 9.59 Å². The van der Waals surface area contributed by atoms with Gasteiger partial charge < -0.3 is 14.7 Å². The number of nitrogens with zero attached hydrogens (tertiary/aromatic N) is 1. The van der Waals surface area contributed by atoms with E-state index in [1.54, 1.807) is 12.0 Å². The van der Waals surface area contributed by atoms with Crippen molar-refractivity contribution in [3.05, 3.63) is 0 Å². The smallest absolute Gasteiger partial charge is 0.308 e. The molecule has 1 N–H and O–H groups in total. The molecule has 2 rings (SSSR count). The Morgan fingerprint density at radius 1 is 1.30 bits per heavy atom. The lowest BCUT2D eigenvalue weighted by molar-refractivity contribution is -0.150. The zero-order valence-electron chi connectivity index (χ0n) is 12.3. The van der Waals surface area contributed by atoms with Crippen LogP contribution in [0, 0.1) is 11.3 Å². The second kappa shape index (κ2) is 6.57. The molecule has 0 aromatic carbocycles. The SMILES string of the molecule is COCCC1(C(=O)N2CCC[C@H](C(=O)O)C2)CCCC1. The highest BCUT2D eigenvalue weighted by Crippen LogP contribution is 2.43. The predicted octanol–water partition coefficient (Wildman–Crippen LogP) is 1.91. The van der Waals surface area contributed by atoms with Gasteiger partial charge in [0.05, 0.1) is 11.3 Å². The van der Waals surface area contributed by atoms with Crippen LogP contribution in [0.3, 0.4) is 0 Å². The van der Waals surface area contributed by atoms with Gasteiger partial charge in [0.15, 0.2) is 0 Å². The van der Waals surface area contributed by atoms with Crippen molar-refractivity contribution in [1.29, 1.82) is 0 Å². The fourth-order valence-electron chi connectivity index (χ4n) is 3.62. The number of likely N-dealkylation sites (tertiary alicyclic amines) is 1. The average molecular weight is 283 g/mol. The zero-order chi connectivity index (χ0) is 14.6. The number of aliphatic carboxylic acids is 1. The van der Waals surface area contributed by atoms with Crippen LogP contribution in [0.25, 0.3) is 0 Å². The number of hydrogen-bond acceptors (Lipinski definition) is 3. The highest BCUT2D eigenvalue weighted by molar-refractivity contribution is 5.84. The first kappa shape index (κ1) is 15.3. The molecule has 5 heteroatoms. The van der Waals surface area contributed by atoms with Gasteiger partial charge in [-0.05, 0) is 32.1 Å². The maximum Gasteiger partial charge on any atom is 0.308 e. The predicted molar refractivity (Wildman–Crippen MR) is 74.3 cm³/mol. The number of carbonyl (C=O) groups is 2. The minimum absolute atomic E-state index is 0.165. The summed E-state index contributed by atoms with van der Waals surface area (Å²) in [6.07, 6.45) is 6.26. The Hall–Kier alpha value is -1.10. The maximum absolute atomic E-state index is 12.9. The first-order valence-corrected chi connectivity index (χ1v) is 7.60. The minimum Gasteiger partial charge on any atom is -0.481 e. The quantitative estimate of drug-likeness (QED) is 0.837. The Balaban J connectivity index is 2.05. The van der Waals surface area contributed by atoms with Crippen LogP contribution in [-0.2, 0) is 14.3 Å². The highest BCUT2D eigenvalue weighted by Gasteiger charge is 2.44. The Labute approximate surface area is 120 Å². The first-order chi connectivity index (χ1) is 9.59. The Morgan fingerprint density at radius 2 is 2.00 bits per heavy atom. The lowest BCUT2D eigenvalue weighted by Gasteiger charge is -2.38. The third-order valence-electron chi connectivity index (χ3n) is 4.86. The van der Waals surface area contributed by atoms with Gasteiger partial charge in [-0.15, -0.1) is 0 Å². The molecule has 1 amide bonds. The highest BCUT2D eigenvalue weighted by atomic mass is 16.5. The second-order valence-corrected chi connectivity index (χ2v) is 6.16. The van der Waals surface area contributed by atoms with E-state index < -0.39 is 11.9 Å². The van der Waals surface area contributed by atoms with E-state index in [0.717, 1.165) is 38.5 Å². The van der Waals surface area contributed by atoms with Gasteiger partial charge >= 0.3 is 5.97 Å². The lowest BCUT2D eigenvalue weighted by atomic mass is 9.80. The maximum atomic E-state index is 12.9. The van der Waals surface area contributed by atoms with E-state index in [0.29, 0.717) is 26.1 Å². The molecule has 20 heavy (non-hydrogen) atoms. The van der Waals surface area contributed by atoms with Gasteiger partial charge in [0.2, 0.25) is 5.91 Å². The molecule has 0 bridgehead atoms. The third-order valence-corrected chi connectivity index (χ3v) is 4.86. The van der Waals surface area contributed by atoms with Crippen molar-refractivity contribution in [1.82, 2.24) is 4.90 Å². The van der Waals surface area contributed by atoms with E-state index in [1.807, 2.05) is 0 Å². The molecule has 1 atom stereocenters. The van der Waals surface area contributed by atoms with Crippen molar-refractivity contribution in [2.24, 2.45) is 11.3 Å². The number of hydrogen-bond donors (Lipinski definition) is 1. The summed E-state index contributed by atoms with van der Waals surface area (Å²) in [4.78, 5) is 25.8. The molecule has 1 saturated carbocycles. The summed E-state index contributed by atoms with van der Waals surface area (Å²) in [7, 11) is 1.66. The molecule has 2 fully saturated rings. The van der Waals surface area contributed by atoms with E-state index in [9.17, 15) is 9.59 Å². The van der Waals surface area contributed by atoms with Crippen LogP contribution in [0.5, 0.6) is 0 Å². The average Bonchev–Trinajstić information content (AvgIpc) is 2.94.